The summed E-state index contributed by atoms with van der Waals surface area (Å²) >= 11 is 0. The minimum atomic E-state index is -1.58. The Morgan fingerprint density at radius 1 is 1.15 bits per heavy atom. The zero-order valence-electron chi connectivity index (χ0n) is 17.0. The number of fused-ring (bicyclic) bond motifs is 5. The molecule has 0 aromatic heterocycles. The number of Topliss-reactive ketones (excluding diaryl/α,β-unsaturated/α-hetero) is 1. The van der Waals surface area contributed by atoms with Gasteiger partial charge in [0.25, 0.3) is 8.32 Å². The van der Waals surface area contributed by atoms with Gasteiger partial charge in [0.2, 0.25) is 0 Å². The molecule has 144 valence electrons. The SMILES string of the molecule is CCC12CCC3C(C=CC4C/C(=N/O[Si](C)(C)C)CCC43)C1CCC2=O. The van der Waals surface area contributed by atoms with E-state index in [4.69, 9.17) is 4.53 Å². The van der Waals surface area contributed by atoms with Crippen LogP contribution in [0.2, 0.25) is 19.6 Å². The van der Waals surface area contributed by atoms with Gasteiger partial charge < -0.3 is 4.53 Å². The van der Waals surface area contributed by atoms with Gasteiger partial charge in [0.1, 0.15) is 5.78 Å². The molecular formula is C22H35NO2Si. The quantitative estimate of drug-likeness (QED) is 0.368. The van der Waals surface area contributed by atoms with Gasteiger partial charge in [-0.1, -0.05) is 19.1 Å². The highest BCUT2D eigenvalue weighted by Gasteiger charge is 2.57. The fourth-order valence-corrected chi connectivity index (χ4v) is 7.01. The summed E-state index contributed by atoms with van der Waals surface area (Å²) in [7, 11) is -1.58. The van der Waals surface area contributed by atoms with Crippen LogP contribution in [0.1, 0.15) is 58.3 Å². The predicted octanol–water partition coefficient (Wildman–Crippen LogP) is 5.58. The lowest BCUT2D eigenvalue weighted by atomic mass is 9.52. The topological polar surface area (TPSA) is 38.7 Å². The summed E-state index contributed by atoms with van der Waals surface area (Å²) in [6, 6.07) is 0. The van der Waals surface area contributed by atoms with Crippen LogP contribution in [0.15, 0.2) is 17.3 Å². The third-order valence-electron chi connectivity index (χ3n) is 7.83. The number of rotatable bonds is 3. The van der Waals surface area contributed by atoms with E-state index in [1.54, 1.807) is 0 Å². The summed E-state index contributed by atoms with van der Waals surface area (Å²) in [4.78, 5) is 12.7. The Bertz CT molecular complexity index is 635. The first kappa shape index (κ1) is 18.5. The normalized spacial score (nSPS) is 43.8. The van der Waals surface area contributed by atoms with Crippen molar-refractivity contribution < 1.29 is 9.32 Å². The van der Waals surface area contributed by atoms with Crippen molar-refractivity contribution in [3.8, 4) is 0 Å². The van der Waals surface area contributed by atoms with Gasteiger partial charge in [0, 0.05) is 11.8 Å². The highest BCUT2D eigenvalue weighted by atomic mass is 28.4. The van der Waals surface area contributed by atoms with E-state index < -0.39 is 8.32 Å². The minimum absolute atomic E-state index is 0.0187. The summed E-state index contributed by atoms with van der Waals surface area (Å²) in [5, 5.41) is 4.54. The number of ketones is 1. The molecule has 6 atom stereocenters. The van der Waals surface area contributed by atoms with E-state index in [-0.39, 0.29) is 5.41 Å². The second kappa shape index (κ2) is 6.61. The van der Waals surface area contributed by atoms with E-state index in [9.17, 15) is 4.79 Å². The number of hydrogen-bond donors (Lipinski definition) is 0. The third kappa shape index (κ3) is 3.02. The second-order valence-corrected chi connectivity index (χ2v) is 14.6. The average Bonchev–Trinajstić information content (AvgIpc) is 2.96. The molecule has 0 radical (unpaired) electrons. The second-order valence-electron chi connectivity index (χ2n) is 10.2. The van der Waals surface area contributed by atoms with Crippen LogP contribution in [0, 0.1) is 35.0 Å². The number of allylic oxidation sites excluding steroid dienone is 2. The lowest BCUT2D eigenvalue weighted by molar-refractivity contribution is -0.131. The Hall–Kier alpha value is -0.903. The fourth-order valence-electron chi connectivity index (χ4n) is 6.60. The lowest BCUT2D eigenvalue weighted by Gasteiger charge is -2.52. The number of carbonyl (C=O) groups is 1. The Kier molecular flexibility index (Phi) is 4.69. The predicted molar refractivity (Wildman–Crippen MR) is 109 cm³/mol. The molecule has 3 fully saturated rings. The van der Waals surface area contributed by atoms with Crippen molar-refractivity contribution in [1.29, 1.82) is 0 Å². The zero-order chi connectivity index (χ0) is 18.5. The molecule has 0 bridgehead atoms. The molecule has 0 saturated heterocycles. The Morgan fingerprint density at radius 3 is 2.69 bits per heavy atom. The Morgan fingerprint density at radius 2 is 1.96 bits per heavy atom. The van der Waals surface area contributed by atoms with Crippen LogP contribution in [0.25, 0.3) is 0 Å². The smallest absolute Gasteiger partial charge is 0.278 e. The van der Waals surface area contributed by atoms with Gasteiger partial charge in [0.15, 0.2) is 0 Å². The van der Waals surface area contributed by atoms with Crippen LogP contribution < -0.4 is 0 Å². The van der Waals surface area contributed by atoms with Crippen molar-refractivity contribution in [3.05, 3.63) is 12.2 Å². The molecule has 4 aliphatic rings. The molecular weight excluding hydrogens is 338 g/mol. The summed E-state index contributed by atoms with van der Waals surface area (Å²) in [6.07, 6.45) is 13.8. The van der Waals surface area contributed by atoms with E-state index in [2.05, 4.69) is 43.9 Å². The van der Waals surface area contributed by atoms with Gasteiger partial charge in [-0.3, -0.25) is 4.79 Å². The van der Waals surface area contributed by atoms with Gasteiger partial charge in [-0.2, -0.15) is 0 Å². The number of oxime groups is 1. The van der Waals surface area contributed by atoms with Crippen LogP contribution in [-0.2, 0) is 9.32 Å². The van der Waals surface area contributed by atoms with Crippen molar-refractivity contribution in [2.75, 3.05) is 0 Å². The van der Waals surface area contributed by atoms with E-state index >= 15 is 0 Å². The van der Waals surface area contributed by atoms with E-state index in [1.165, 1.54) is 18.6 Å². The van der Waals surface area contributed by atoms with E-state index in [0.717, 1.165) is 50.4 Å². The molecule has 4 rings (SSSR count). The maximum absolute atomic E-state index is 12.7. The molecule has 0 aromatic rings. The maximum atomic E-state index is 12.7. The molecule has 0 aliphatic heterocycles. The van der Waals surface area contributed by atoms with E-state index in [1.807, 2.05) is 0 Å². The van der Waals surface area contributed by atoms with Crippen molar-refractivity contribution >= 4 is 19.8 Å². The van der Waals surface area contributed by atoms with Crippen LogP contribution >= 0.6 is 0 Å². The minimum Gasteiger partial charge on any atom is -0.456 e. The van der Waals surface area contributed by atoms with Crippen LogP contribution in [0.3, 0.4) is 0 Å². The van der Waals surface area contributed by atoms with Crippen molar-refractivity contribution in [3.63, 3.8) is 0 Å². The Balaban J connectivity index is 1.52. The number of nitrogens with zero attached hydrogens (tertiary/aromatic N) is 1. The molecule has 3 nitrogen and oxygen atoms in total. The van der Waals surface area contributed by atoms with Gasteiger partial charge in [-0.05, 0) is 94.2 Å². The van der Waals surface area contributed by atoms with Crippen molar-refractivity contribution in [2.24, 2.45) is 40.2 Å². The molecule has 26 heavy (non-hydrogen) atoms. The molecule has 0 amide bonds. The van der Waals surface area contributed by atoms with Gasteiger partial charge in [-0.25, -0.2) is 0 Å². The number of carbonyl (C=O) groups excluding carboxylic acids is 1. The molecule has 4 heteroatoms. The third-order valence-corrected chi connectivity index (χ3v) is 8.47. The molecule has 0 spiro atoms. The first-order chi connectivity index (χ1) is 12.3. The highest BCUT2D eigenvalue weighted by molar-refractivity contribution is 6.69. The summed E-state index contributed by atoms with van der Waals surface area (Å²) in [5.74, 6) is 4.05. The van der Waals surface area contributed by atoms with Crippen LogP contribution in [-0.4, -0.2) is 19.8 Å². The van der Waals surface area contributed by atoms with Crippen LogP contribution in [0.5, 0.6) is 0 Å². The van der Waals surface area contributed by atoms with E-state index in [0.29, 0.717) is 23.5 Å². The first-order valence-electron chi connectivity index (χ1n) is 10.8. The first-order valence-corrected chi connectivity index (χ1v) is 14.2. The standard InChI is InChI=1S/C22H35NO2Si/c1-5-22-13-12-18-17-9-7-16(23-25-26(2,3)4)14-15(17)6-8-19(18)20(22)10-11-21(22)24/h6,8,15,17-20H,5,7,9-14H2,1-4H3/b23-16+. The molecule has 6 unspecified atom stereocenters. The largest absolute Gasteiger partial charge is 0.456 e. The maximum Gasteiger partial charge on any atom is 0.278 e. The van der Waals surface area contributed by atoms with Gasteiger partial charge in [-0.15, -0.1) is 5.16 Å². The molecule has 4 aliphatic carbocycles. The average molecular weight is 374 g/mol. The monoisotopic (exact) mass is 373 g/mol. The summed E-state index contributed by atoms with van der Waals surface area (Å²) in [6.45, 7) is 8.82. The number of hydrogen-bond acceptors (Lipinski definition) is 3. The summed E-state index contributed by atoms with van der Waals surface area (Å²) in [5.41, 5.74) is 1.29. The van der Waals surface area contributed by atoms with Crippen molar-refractivity contribution in [1.82, 2.24) is 0 Å². The highest BCUT2D eigenvalue weighted by Crippen LogP contribution is 2.60. The molecule has 0 heterocycles. The van der Waals surface area contributed by atoms with Crippen LogP contribution in [0.4, 0.5) is 0 Å². The lowest BCUT2D eigenvalue weighted by Crippen LogP contribution is -2.48. The summed E-state index contributed by atoms with van der Waals surface area (Å²) < 4.78 is 5.82. The molecule has 3 saturated carbocycles. The van der Waals surface area contributed by atoms with Gasteiger partial charge >= 0.3 is 0 Å². The fraction of sp³-hybridized carbons (Fsp3) is 0.818. The van der Waals surface area contributed by atoms with Crippen molar-refractivity contribution in [2.45, 2.75) is 77.9 Å². The Labute approximate surface area is 159 Å². The zero-order valence-corrected chi connectivity index (χ0v) is 18.0. The molecule has 0 N–H and O–H groups in total. The molecule has 0 aromatic carbocycles. The van der Waals surface area contributed by atoms with Gasteiger partial charge in [0.05, 0.1) is 5.71 Å².